The van der Waals surface area contributed by atoms with Crippen molar-refractivity contribution in [3.05, 3.63) is 95.0 Å². The summed E-state index contributed by atoms with van der Waals surface area (Å²) in [6, 6.07) is 22.0. The molecule has 0 aliphatic carbocycles. The average Bonchev–Trinajstić information content (AvgIpc) is 2.99. The minimum atomic E-state index is -2.95. The second-order valence-electron chi connectivity index (χ2n) is 14.4. The summed E-state index contributed by atoms with van der Waals surface area (Å²) in [7, 11) is -2.95. The number of benzene rings is 3. The summed E-state index contributed by atoms with van der Waals surface area (Å²) in [6.45, 7) is 15.0. The third kappa shape index (κ3) is 8.05. The van der Waals surface area contributed by atoms with Crippen molar-refractivity contribution in [3.8, 4) is 0 Å². The molecule has 1 heterocycles. The van der Waals surface area contributed by atoms with Crippen LogP contribution in [0.4, 0.5) is 13.6 Å². The Morgan fingerprint density at radius 1 is 0.915 bits per heavy atom. The second-order valence-corrected chi connectivity index (χ2v) is 19.1. The van der Waals surface area contributed by atoms with Crippen molar-refractivity contribution in [2.45, 2.75) is 83.7 Å². The highest BCUT2D eigenvalue weighted by atomic mass is 35.5. The molecule has 4 rings (SSSR count). The molecule has 0 radical (unpaired) electrons. The lowest BCUT2D eigenvalue weighted by molar-refractivity contribution is -0.144. The summed E-state index contributed by atoms with van der Waals surface area (Å²) < 4.78 is 47.7. The fraction of sp³-hybridized carbons (Fsp3) is 0.444. The molecule has 1 aliphatic rings. The van der Waals surface area contributed by atoms with Crippen molar-refractivity contribution in [2.24, 2.45) is 0 Å². The Hall–Kier alpha value is -3.31. The number of amides is 2. The molecule has 0 saturated carbocycles. The van der Waals surface area contributed by atoms with Gasteiger partial charge < -0.3 is 19.2 Å². The SMILES string of the molecule is CC(C)(C)OC(=O)N1C[C@@H](C(=O)NC(C)(C)c2ccc(F)c(Cl)c2F)OC[C@H]1CO[Si-](c1ccccc1)(c1ccccc1)C(C)(C)C. The van der Waals surface area contributed by atoms with Gasteiger partial charge in [-0.1, -0.05) is 99.1 Å². The van der Waals surface area contributed by atoms with Gasteiger partial charge >= 0.3 is 6.09 Å². The molecule has 255 valence electrons. The smallest absolute Gasteiger partial charge is 0.410 e. The predicted octanol–water partition coefficient (Wildman–Crippen LogP) is 6.55. The lowest BCUT2D eigenvalue weighted by Crippen LogP contribution is -2.68. The Morgan fingerprint density at radius 3 is 1.98 bits per heavy atom. The van der Waals surface area contributed by atoms with Crippen molar-refractivity contribution in [1.82, 2.24) is 10.2 Å². The van der Waals surface area contributed by atoms with Crippen molar-refractivity contribution in [3.63, 3.8) is 0 Å². The number of hydrogen-bond donors (Lipinski definition) is 1. The molecule has 1 fully saturated rings. The molecule has 1 N–H and O–H groups in total. The van der Waals surface area contributed by atoms with Gasteiger partial charge in [0.25, 0.3) is 5.91 Å². The van der Waals surface area contributed by atoms with Crippen LogP contribution >= 0.6 is 11.6 Å². The highest BCUT2D eigenvalue weighted by Crippen LogP contribution is 2.37. The van der Waals surface area contributed by atoms with Crippen molar-refractivity contribution >= 4 is 42.3 Å². The highest BCUT2D eigenvalue weighted by molar-refractivity contribution is 6.99. The fourth-order valence-corrected chi connectivity index (χ4v) is 10.7. The summed E-state index contributed by atoms with van der Waals surface area (Å²) in [4.78, 5) is 28.7. The van der Waals surface area contributed by atoms with Crippen molar-refractivity contribution in [2.75, 3.05) is 19.8 Å². The Balaban J connectivity index is 1.63. The van der Waals surface area contributed by atoms with Gasteiger partial charge in [0.1, 0.15) is 22.3 Å². The molecule has 3 aromatic carbocycles. The Labute approximate surface area is 282 Å². The minimum Gasteiger partial charge on any atom is -0.556 e. The third-order valence-electron chi connectivity index (χ3n) is 8.27. The van der Waals surface area contributed by atoms with Crippen molar-refractivity contribution in [1.29, 1.82) is 0 Å². The zero-order valence-electron chi connectivity index (χ0n) is 28.3. The average molecular weight is 687 g/mol. The molecular weight excluding hydrogens is 642 g/mol. The molecule has 47 heavy (non-hydrogen) atoms. The van der Waals surface area contributed by atoms with E-state index < -0.39 is 60.3 Å². The number of halogens is 3. The monoisotopic (exact) mass is 686 g/mol. The van der Waals surface area contributed by atoms with E-state index in [1.54, 1.807) is 34.6 Å². The number of carbonyl (C=O) groups is 2. The van der Waals surface area contributed by atoms with Crippen LogP contribution in [-0.4, -0.2) is 62.7 Å². The molecule has 0 unspecified atom stereocenters. The zero-order chi connectivity index (χ0) is 34.8. The second kappa shape index (κ2) is 14.0. The molecule has 2 atom stereocenters. The molecular formula is C36H45ClF2N2O5Si-. The molecule has 0 bridgehead atoms. The molecule has 2 amide bonds. The first-order valence-electron chi connectivity index (χ1n) is 15.7. The summed E-state index contributed by atoms with van der Waals surface area (Å²) in [5, 5.41) is 4.01. The van der Waals surface area contributed by atoms with Gasteiger partial charge in [-0.3, -0.25) is 9.69 Å². The molecule has 11 heteroatoms. The number of nitrogens with one attached hydrogen (secondary N) is 1. The first kappa shape index (κ1) is 36.5. The van der Waals surface area contributed by atoms with E-state index in [-0.39, 0.29) is 30.4 Å². The van der Waals surface area contributed by atoms with E-state index >= 15 is 0 Å². The topological polar surface area (TPSA) is 77.1 Å². The summed E-state index contributed by atoms with van der Waals surface area (Å²) in [5.41, 5.74) is -2.06. The number of nitrogens with zero attached hydrogens (tertiary/aromatic N) is 1. The Bertz CT molecular complexity index is 1520. The lowest BCUT2D eigenvalue weighted by atomic mass is 9.93. The molecule has 1 saturated heterocycles. The summed E-state index contributed by atoms with van der Waals surface area (Å²) >= 11 is 5.81. The molecule has 0 spiro atoms. The maximum atomic E-state index is 14.9. The highest BCUT2D eigenvalue weighted by Gasteiger charge is 2.42. The summed E-state index contributed by atoms with van der Waals surface area (Å²) in [5.74, 6) is -2.43. The zero-order valence-corrected chi connectivity index (χ0v) is 30.1. The Morgan fingerprint density at radius 2 is 1.47 bits per heavy atom. The maximum Gasteiger partial charge on any atom is 0.410 e. The van der Waals surface area contributed by atoms with Crippen LogP contribution in [0, 0.1) is 11.6 Å². The van der Waals surface area contributed by atoms with Crippen LogP contribution in [-0.2, 0) is 24.2 Å². The van der Waals surface area contributed by atoms with Gasteiger partial charge in [-0.2, -0.15) is 10.4 Å². The number of morpholine rings is 1. The lowest BCUT2D eigenvalue weighted by Gasteiger charge is -2.56. The van der Waals surface area contributed by atoms with Crippen LogP contribution in [0.1, 0.15) is 61.0 Å². The quantitative estimate of drug-likeness (QED) is 0.215. The molecule has 7 nitrogen and oxygen atoms in total. The van der Waals surface area contributed by atoms with Gasteiger partial charge in [-0.25, -0.2) is 13.6 Å². The van der Waals surface area contributed by atoms with E-state index in [1.807, 2.05) is 36.4 Å². The van der Waals surface area contributed by atoms with Crippen LogP contribution in [0.3, 0.4) is 0 Å². The van der Waals surface area contributed by atoms with E-state index in [0.717, 1.165) is 16.4 Å². The molecule has 0 aromatic heterocycles. The van der Waals surface area contributed by atoms with Gasteiger partial charge in [-0.05, 0) is 40.7 Å². The van der Waals surface area contributed by atoms with Gasteiger partial charge in [-0.15, -0.1) is 5.04 Å². The Kier molecular flexibility index (Phi) is 10.9. The first-order valence-corrected chi connectivity index (χ1v) is 18.0. The number of hydrogen-bond acceptors (Lipinski definition) is 5. The van der Waals surface area contributed by atoms with Crippen LogP contribution in [0.15, 0.2) is 72.8 Å². The number of rotatable bonds is 8. The standard InChI is InChI=1S/C36H45ClF2N2O5Si/c1-34(2,3)46-33(43)41-21-29(32(42)40-36(7,8)27-19-20-28(38)30(37)31(27)39)44-22-24(41)23-45-47(35(4,5)6,25-15-11-9-12-16-25)26-17-13-10-14-18-26/h9-20,24,29H,21-23H2,1-8H3,(H,40,42)/q-1/t24-,29-/m0/s1. The van der Waals surface area contributed by atoms with Gasteiger partial charge in [0.2, 0.25) is 0 Å². The number of carbonyl (C=O) groups excluding carboxylic acids is 2. The van der Waals surface area contributed by atoms with Crippen LogP contribution < -0.4 is 15.7 Å². The van der Waals surface area contributed by atoms with E-state index in [0.29, 0.717) is 0 Å². The van der Waals surface area contributed by atoms with E-state index in [1.165, 1.54) is 11.0 Å². The van der Waals surface area contributed by atoms with Gasteiger partial charge in [0.05, 0.1) is 33.0 Å². The first-order chi connectivity index (χ1) is 21.9. The number of ether oxygens (including phenoxy) is 2. The van der Waals surface area contributed by atoms with Gasteiger partial charge in [0, 0.05) is 12.2 Å². The van der Waals surface area contributed by atoms with Crippen LogP contribution in [0.2, 0.25) is 10.1 Å². The van der Waals surface area contributed by atoms with E-state index in [4.69, 9.17) is 25.5 Å². The normalized spacial score (nSPS) is 17.7. The van der Waals surface area contributed by atoms with E-state index in [2.05, 4.69) is 50.4 Å². The van der Waals surface area contributed by atoms with Gasteiger partial charge in [0.15, 0.2) is 6.10 Å². The largest absolute Gasteiger partial charge is 0.556 e. The summed E-state index contributed by atoms with van der Waals surface area (Å²) in [6.07, 6.45) is -1.70. The van der Waals surface area contributed by atoms with E-state index in [9.17, 15) is 18.4 Å². The molecule has 1 aliphatic heterocycles. The molecule has 3 aromatic rings. The van der Waals surface area contributed by atoms with Crippen molar-refractivity contribution < 1.29 is 32.3 Å². The third-order valence-corrected chi connectivity index (χ3v) is 13.6. The minimum absolute atomic E-state index is 0.00724. The fourth-order valence-electron chi connectivity index (χ4n) is 5.99. The predicted molar refractivity (Wildman–Crippen MR) is 183 cm³/mol. The van der Waals surface area contributed by atoms with Crippen LogP contribution in [0.25, 0.3) is 0 Å². The van der Waals surface area contributed by atoms with Crippen LogP contribution in [0.5, 0.6) is 0 Å². The maximum absolute atomic E-state index is 14.9.